The van der Waals surface area contributed by atoms with Gasteiger partial charge in [0.05, 0.1) is 18.4 Å². The standard InChI is InChI=1S/C19H34O4/c1-3-5-10-15(4-2)11-8-9-14-23-19(22)17-13-7-6-12-16(17)18(20)21/h15-17H,3-14H2,1-2H3,(H,20,21). The van der Waals surface area contributed by atoms with Gasteiger partial charge in [0.25, 0.3) is 0 Å². The third-order valence-electron chi connectivity index (χ3n) is 5.18. The first kappa shape index (κ1) is 20.0. The van der Waals surface area contributed by atoms with Crippen LogP contribution >= 0.6 is 0 Å². The van der Waals surface area contributed by atoms with Crippen LogP contribution in [0.15, 0.2) is 0 Å². The fraction of sp³-hybridized carbons (Fsp3) is 0.895. The van der Waals surface area contributed by atoms with Gasteiger partial charge in [0, 0.05) is 0 Å². The molecule has 0 aromatic heterocycles. The minimum Gasteiger partial charge on any atom is -0.481 e. The van der Waals surface area contributed by atoms with E-state index >= 15 is 0 Å². The van der Waals surface area contributed by atoms with Crippen molar-refractivity contribution in [3.8, 4) is 0 Å². The summed E-state index contributed by atoms with van der Waals surface area (Å²) in [4.78, 5) is 23.4. The van der Waals surface area contributed by atoms with Crippen LogP contribution in [0.3, 0.4) is 0 Å². The third kappa shape index (κ3) is 7.36. The third-order valence-corrected chi connectivity index (χ3v) is 5.18. The van der Waals surface area contributed by atoms with Crippen LogP contribution in [-0.4, -0.2) is 23.7 Å². The highest BCUT2D eigenvalue weighted by Gasteiger charge is 2.36. The van der Waals surface area contributed by atoms with Crippen LogP contribution in [0.1, 0.15) is 84.5 Å². The highest BCUT2D eigenvalue weighted by Crippen LogP contribution is 2.31. The molecule has 1 saturated carbocycles. The Morgan fingerprint density at radius 1 is 1.04 bits per heavy atom. The first-order chi connectivity index (χ1) is 11.1. The molecule has 1 fully saturated rings. The summed E-state index contributed by atoms with van der Waals surface area (Å²) in [6, 6.07) is 0. The van der Waals surface area contributed by atoms with E-state index in [1.54, 1.807) is 0 Å². The van der Waals surface area contributed by atoms with Crippen LogP contribution in [0, 0.1) is 17.8 Å². The van der Waals surface area contributed by atoms with Gasteiger partial charge < -0.3 is 9.84 Å². The first-order valence-corrected chi connectivity index (χ1v) is 9.49. The lowest BCUT2D eigenvalue weighted by Gasteiger charge is -2.26. The van der Waals surface area contributed by atoms with Crippen molar-refractivity contribution in [3.05, 3.63) is 0 Å². The molecule has 0 radical (unpaired) electrons. The molecule has 0 bridgehead atoms. The van der Waals surface area contributed by atoms with E-state index in [-0.39, 0.29) is 5.97 Å². The molecular formula is C19H34O4. The van der Waals surface area contributed by atoms with Crippen LogP contribution in [0.5, 0.6) is 0 Å². The van der Waals surface area contributed by atoms with E-state index in [4.69, 9.17) is 4.74 Å². The molecule has 4 heteroatoms. The van der Waals surface area contributed by atoms with Crippen LogP contribution in [0.4, 0.5) is 0 Å². The number of aliphatic carboxylic acids is 1. The Bertz CT molecular complexity index is 353. The Hall–Kier alpha value is -1.06. The fourth-order valence-electron chi connectivity index (χ4n) is 3.57. The van der Waals surface area contributed by atoms with E-state index in [1.807, 2.05) is 0 Å². The van der Waals surface area contributed by atoms with Crippen molar-refractivity contribution in [2.45, 2.75) is 84.5 Å². The van der Waals surface area contributed by atoms with Gasteiger partial charge in [0.15, 0.2) is 0 Å². The zero-order valence-electron chi connectivity index (χ0n) is 14.9. The largest absolute Gasteiger partial charge is 0.481 e. The van der Waals surface area contributed by atoms with Crippen LogP contribution < -0.4 is 0 Å². The van der Waals surface area contributed by atoms with Crippen molar-refractivity contribution < 1.29 is 19.4 Å². The summed E-state index contributed by atoms with van der Waals surface area (Å²) < 4.78 is 5.36. The van der Waals surface area contributed by atoms with E-state index < -0.39 is 17.8 Å². The van der Waals surface area contributed by atoms with Gasteiger partial charge in [-0.2, -0.15) is 0 Å². The number of carboxylic acid groups (broad SMARTS) is 1. The van der Waals surface area contributed by atoms with Crippen molar-refractivity contribution in [2.75, 3.05) is 6.61 Å². The number of unbranched alkanes of at least 4 members (excludes halogenated alkanes) is 2. The Labute approximate surface area is 141 Å². The maximum Gasteiger partial charge on any atom is 0.309 e. The molecular weight excluding hydrogens is 292 g/mol. The number of carbonyl (C=O) groups is 2. The summed E-state index contributed by atoms with van der Waals surface area (Å²) in [6.07, 6.45) is 11.3. The molecule has 1 rings (SSSR count). The summed E-state index contributed by atoms with van der Waals surface area (Å²) in [5.74, 6) is -1.34. The first-order valence-electron chi connectivity index (χ1n) is 9.49. The van der Waals surface area contributed by atoms with Crippen molar-refractivity contribution in [3.63, 3.8) is 0 Å². The molecule has 0 amide bonds. The molecule has 3 unspecified atom stereocenters. The quantitative estimate of drug-likeness (QED) is 0.437. The number of esters is 1. The highest BCUT2D eigenvalue weighted by molar-refractivity contribution is 5.81. The van der Waals surface area contributed by atoms with Gasteiger partial charge in [-0.1, -0.05) is 58.8 Å². The molecule has 1 N–H and O–H groups in total. The summed E-state index contributed by atoms with van der Waals surface area (Å²) in [5.41, 5.74) is 0. The van der Waals surface area contributed by atoms with Crippen molar-refractivity contribution >= 4 is 11.9 Å². The zero-order chi connectivity index (χ0) is 17.1. The Balaban J connectivity index is 2.21. The average Bonchev–Trinajstić information content (AvgIpc) is 2.57. The van der Waals surface area contributed by atoms with Gasteiger partial charge in [-0.15, -0.1) is 0 Å². The second-order valence-corrected chi connectivity index (χ2v) is 6.92. The molecule has 1 aliphatic carbocycles. The minimum atomic E-state index is -0.853. The van der Waals surface area contributed by atoms with Crippen molar-refractivity contribution in [1.82, 2.24) is 0 Å². The molecule has 0 aliphatic heterocycles. The van der Waals surface area contributed by atoms with E-state index in [0.717, 1.165) is 31.6 Å². The van der Waals surface area contributed by atoms with Crippen molar-refractivity contribution in [2.24, 2.45) is 17.8 Å². The molecule has 4 nitrogen and oxygen atoms in total. The molecule has 0 heterocycles. The number of carbonyl (C=O) groups excluding carboxylic acids is 1. The summed E-state index contributed by atoms with van der Waals surface area (Å²) >= 11 is 0. The molecule has 134 valence electrons. The number of hydrogen-bond acceptors (Lipinski definition) is 3. The molecule has 0 aromatic rings. The lowest BCUT2D eigenvalue weighted by molar-refractivity contribution is -0.159. The van der Waals surface area contributed by atoms with Gasteiger partial charge in [-0.3, -0.25) is 9.59 Å². The topological polar surface area (TPSA) is 63.6 Å². The summed E-state index contributed by atoms with van der Waals surface area (Å²) in [5, 5.41) is 9.22. The average molecular weight is 326 g/mol. The monoisotopic (exact) mass is 326 g/mol. The molecule has 0 aromatic carbocycles. The summed E-state index contributed by atoms with van der Waals surface area (Å²) in [7, 11) is 0. The molecule has 23 heavy (non-hydrogen) atoms. The van der Waals surface area contributed by atoms with Gasteiger partial charge in [-0.05, 0) is 31.6 Å². The summed E-state index contributed by atoms with van der Waals surface area (Å²) in [6.45, 7) is 4.91. The smallest absolute Gasteiger partial charge is 0.309 e. The lowest BCUT2D eigenvalue weighted by atomic mass is 9.79. The van der Waals surface area contributed by atoms with Gasteiger partial charge in [0.1, 0.15) is 0 Å². The lowest BCUT2D eigenvalue weighted by Crippen LogP contribution is -2.33. The van der Waals surface area contributed by atoms with Gasteiger partial charge in [0.2, 0.25) is 0 Å². The Kier molecular flexibility index (Phi) is 9.97. The number of carboxylic acids is 1. The SMILES string of the molecule is CCCCC(CC)CCCCOC(=O)C1CCCCC1C(=O)O. The number of hydrogen-bond donors (Lipinski definition) is 1. The second kappa shape index (κ2) is 11.5. The Morgan fingerprint density at radius 2 is 1.70 bits per heavy atom. The van der Waals surface area contributed by atoms with Crippen LogP contribution in [0.25, 0.3) is 0 Å². The van der Waals surface area contributed by atoms with E-state index in [1.165, 1.54) is 32.1 Å². The van der Waals surface area contributed by atoms with E-state index in [9.17, 15) is 14.7 Å². The molecule has 0 saturated heterocycles. The zero-order valence-corrected chi connectivity index (χ0v) is 14.9. The fourth-order valence-corrected chi connectivity index (χ4v) is 3.57. The van der Waals surface area contributed by atoms with E-state index in [0.29, 0.717) is 19.4 Å². The predicted molar refractivity (Wildman–Crippen MR) is 91.2 cm³/mol. The normalized spacial score (nSPS) is 22.5. The molecule has 0 spiro atoms. The van der Waals surface area contributed by atoms with Gasteiger partial charge >= 0.3 is 11.9 Å². The molecule has 1 aliphatic rings. The predicted octanol–water partition coefficient (Wildman–Crippen LogP) is 4.81. The number of ether oxygens (including phenoxy) is 1. The van der Waals surface area contributed by atoms with E-state index in [2.05, 4.69) is 13.8 Å². The van der Waals surface area contributed by atoms with Crippen molar-refractivity contribution in [1.29, 1.82) is 0 Å². The highest BCUT2D eigenvalue weighted by atomic mass is 16.5. The minimum absolute atomic E-state index is 0.296. The maximum atomic E-state index is 12.1. The van der Waals surface area contributed by atoms with Crippen LogP contribution in [0.2, 0.25) is 0 Å². The molecule has 3 atom stereocenters. The van der Waals surface area contributed by atoms with Crippen LogP contribution in [-0.2, 0) is 14.3 Å². The maximum absolute atomic E-state index is 12.1. The second-order valence-electron chi connectivity index (χ2n) is 6.92. The van der Waals surface area contributed by atoms with Gasteiger partial charge in [-0.25, -0.2) is 0 Å². The Morgan fingerprint density at radius 3 is 2.30 bits per heavy atom. The number of rotatable bonds is 11.